The highest BCUT2D eigenvalue weighted by Crippen LogP contribution is 2.29. The molecule has 1 saturated heterocycles. The van der Waals surface area contributed by atoms with Gasteiger partial charge in [0, 0.05) is 17.2 Å². The van der Waals surface area contributed by atoms with Crippen molar-refractivity contribution in [2.75, 3.05) is 18.6 Å². The predicted molar refractivity (Wildman–Crippen MR) is 79.0 cm³/mol. The van der Waals surface area contributed by atoms with Gasteiger partial charge < -0.3 is 4.90 Å². The Balaban J connectivity index is 2.12. The largest absolute Gasteiger partial charge is 0.320 e. The number of hydrogen-bond donors (Lipinski definition) is 1. The average molecular weight is 284 g/mol. The first kappa shape index (κ1) is 13.9. The summed E-state index contributed by atoms with van der Waals surface area (Å²) >= 11 is 3.50. The molecule has 0 spiro atoms. The lowest BCUT2D eigenvalue weighted by Gasteiger charge is -2.22. The van der Waals surface area contributed by atoms with Crippen molar-refractivity contribution >= 4 is 29.0 Å². The van der Waals surface area contributed by atoms with E-state index in [2.05, 4.69) is 29.9 Å². The highest BCUT2D eigenvalue weighted by molar-refractivity contribution is 7.98. The first-order chi connectivity index (χ1) is 8.77. The summed E-state index contributed by atoms with van der Waals surface area (Å²) in [5.74, 6) is 1.26. The van der Waals surface area contributed by atoms with E-state index < -0.39 is 0 Å². The van der Waals surface area contributed by atoms with E-state index in [0.717, 1.165) is 25.1 Å². The van der Waals surface area contributed by atoms with Crippen LogP contribution in [0.3, 0.4) is 0 Å². The molecule has 0 saturated carbocycles. The van der Waals surface area contributed by atoms with Crippen LogP contribution in [0.15, 0.2) is 17.5 Å². The molecule has 0 radical (unpaired) electrons. The molecule has 2 unspecified atom stereocenters. The third kappa shape index (κ3) is 2.90. The van der Waals surface area contributed by atoms with Crippen molar-refractivity contribution in [1.29, 1.82) is 0 Å². The second-order valence-corrected chi connectivity index (χ2v) is 6.42. The van der Waals surface area contributed by atoms with Gasteiger partial charge in [0.15, 0.2) is 0 Å². The summed E-state index contributed by atoms with van der Waals surface area (Å²) in [6, 6.07) is 4.16. The molecule has 3 nitrogen and oxygen atoms in total. The van der Waals surface area contributed by atoms with Gasteiger partial charge in [0.1, 0.15) is 6.17 Å². The molecule has 2 atom stereocenters. The molecule has 1 aromatic heterocycles. The van der Waals surface area contributed by atoms with Gasteiger partial charge in [-0.2, -0.15) is 11.8 Å². The average Bonchev–Trinajstić information content (AvgIpc) is 2.97. The van der Waals surface area contributed by atoms with Gasteiger partial charge in [-0.1, -0.05) is 19.4 Å². The number of carbonyl (C=O) groups excluding carboxylic acids is 1. The van der Waals surface area contributed by atoms with Crippen molar-refractivity contribution in [3.63, 3.8) is 0 Å². The summed E-state index contributed by atoms with van der Waals surface area (Å²) in [6.07, 6.45) is 4.13. The summed E-state index contributed by atoms with van der Waals surface area (Å²) in [7, 11) is 0. The zero-order chi connectivity index (χ0) is 13.0. The van der Waals surface area contributed by atoms with Gasteiger partial charge in [-0.25, -0.2) is 0 Å². The highest BCUT2D eigenvalue weighted by Gasteiger charge is 2.38. The van der Waals surface area contributed by atoms with Gasteiger partial charge in [0.2, 0.25) is 5.91 Å². The number of thioether (sulfide) groups is 1. The van der Waals surface area contributed by atoms with E-state index in [4.69, 9.17) is 0 Å². The molecule has 1 aliphatic rings. The van der Waals surface area contributed by atoms with Crippen LogP contribution in [0.1, 0.15) is 30.8 Å². The third-order valence-electron chi connectivity index (χ3n) is 3.18. The van der Waals surface area contributed by atoms with Gasteiger partial charge in [0.25, 0.3) is 0 Å². The summed E-state index contributed by atoms with van der Waals surface area (Å²) < 4.78 is 0. The molecule has 18 heavy (non-hydrogen) atoms. The number of nitrogens with one attached hydrogen (secondary N) is 1. The van der Waals surface area contributed by atoms with Gasteiger partial charge in [0.05, 0.1) is 6.04 Å². The SMILES string of the molecule is CCCC1NC(c2cccs2)N(CCSC)C1=O. The first-order valence-electron chi connectivity index (χ1n) is 6.36. The van der Waals surface area contributed by atoms with Crippen molar-refractivity contribution in [1.82, 2.24) is 10.2 Å². The summed E-state index contributed by atoms with van der Waals surface area (Å²) in [5, 5.41) is 5.55. The number of hydrogen-bond acceptors (Lipinski definition) is 4. The Labute approximate surface area is 117 Å². The van der Waals surface area contributed by atoms with Crippen LogP contribution in [-0.2, 0) is 4.79 Å². The Bertz CT molecular complexity index is 380. The fraction of sp³-hybridized carbons (Fsp3) is 0.615. The van der Waals surface area contributed by atoms with Crippen molar-refractivity contribution < 1.29 is 4.79 Å². The topological polar surface area (TPSA) is 32.3 Å². The summed E-state index contributed by atoms with van der Waals surface area (Å²) in [6.45, 7) is 2.95. The molecule has 1 fully saturated rings. The van der Waals surface area contributed by atoms with Gasteiger partial charge in [-0.3, -0.25) is 10.1 Å². The van der Waals surface area contributed by atoms with Crippen molar-refractivity contribution in [2.45, 2.75) is 32.0 Å². The maximum Gasteiger partial charge on any atom is 0.241 e. The molecule has 1 N–H and O–H groups in total. The third-order valence-corrected chi connectivity index (χ3v) is 4.69. The lowest BCUT2D eigenvalue weighted by Crippen LogP contribution is -2.32. The van der Waals surface area contributed by atoms with E-state index in [9.17, 15) is 4.79 Å². The zero-order valence-corrected chi connectivity index (χ0v) is 12.5. The number of nitrogens with zero attached hydrogens (tertiary/aromatic N) is 1. The van der Waals surface area contributed by atoms with E-state index in [-0.39, 0.29) is 18.1 Å². The quantitative estimate of drug-likeness (QED) is 0.872. The molecule has 2 rings (SSSR count). The van der Waals surface area contributed by atoms with E-state index >= 15 is 0 Å². The van der Waals surface area contributed by atoms with Gasteiger partial charge >= 0.3 is 0 Å². The second-order valence-electron chi connectivity index (χ2n) is 4.45. The second kappa shape index (κ2) is 6.59. The summed E-state index contributed by atoms with van der Waals surface area (Å²) in [4.78, 5) is 15.6. The fourth-order valence-corrected chi connectivity index (χ4v) is 3.46. The van der Waals surface area contributed by atoms with Crippen molar-refractivity contribution in [3.8, 4) is 0 Å². The van der Waals surface area contributed by atoms with Crippen LogP contribution in [0, 0.1) is 0 Å². The van der Waals surface area contributed by atoms with Crippen LogP contribution in [0.25, 0.3) is 0 Å². The molecule has 0 aromatic carbocycles. The summed E-state index contributed by atoms with van der Waals surface area (Å²) in [5.41, 5.74) is 0. The molecule has 1 aliphatic heterocycles. The Morgan fingerprint density at radius 1 is 1.56 bits per heavy atom. The fourth-order valence-electron chi connectivity index (χ4n) is 2.29. The minimum Gasteiger partial charge on any atom is -0.320 e. The molecule has 1 aromatic rings. The number of carbonyl (C=O) groups is 1. The lowest BCUT2D eigenvalue weighted by atomic mass is 10.2. The molecule has 5 heteroatoms. The normalized spacial score (nSPS) is 23.9. The molecule has 100 valence electrons. The minimum absolute atomic E-state index is 0.00366. The van der Waals surface area contributed by atoms with Crippen LogP contribution in [0.4, 0.5) is 0 Å². The standard InChI is InChI=1S/C13H20N2OS2/c1-3-5-10-13(16)15(7-9-17-2)12(14-10)11-6-4-8-18-11/h4,6,8,10,12,14H,3,5,7,9H2,1-2H3. The minimum atomic E-state index is 0.00366. The Hall–Kier alpha value is -0.520. The van der Waals surface area contributed by atoms with Gasteiger partial charge in [-0.15, -0.1) is 11.3 Å². The Morgan fingerprint density at radius 2 is 2.39 bits per heavy atom. The van der Waals surface area contributed by atoms with E-state index in [1.165, 1.54) is 4.88 Å². The molecule has 1 amide bonds. The van der Waals surface area contributed by atoms with Crippen LogP contribution < -0.4 is 5.32 Å². The predicted octanol–water partition coefficient (Wildman–Crippen LogP) is 2.71. The molecular weight excluding hydrogens is 264 g/mol. The zero-order valence-electron chi connectivity index (χ0n) is 10.9. The van der Waals surface area contributed by atoms with E-state index in [1.54, 1.807) is 23.1 Å². The van der Waals surface area contributed by atoms with Crippen LogP contribution in [0.5, 0.6) is 0 Å². The highest BCUT2D eigenvalue weighted by atomic mass is 32.2. The lowest BCUT2D eigenvalue weighted by molar-refractivity contribution is -0.129. The number of rotatable bonds is 6. The Kier molecular flexibility index (Phi) is 5.09. The van der Waals surface area contributed by atoms with Crippen LogP contribution in [0.2, 0.25) is 0 Å². The molecular formula is C13H20N2OS2. The smallest absolute Gasteiger partial charge is 0.241 e. The maximum absolute atomic E-state index is 12.4. The number of thiophene rings is 1. The number of amides is 1. The first-order valence-corrected chi connectivity index (χ1v) is 8.64. The monoisotopic (exact) mass is 284 g/mol. The Morgan fingerprint density at radius 3 is 3.00 bits per heavy atom. The van der Waals surface area contributed by atoms with Crippen LogP contribution >= 0.6 is 23.1 Å². The molecule has 0 bridgehead atoms. The van der Waals surface area contributed by atoms with E-state index in [0.29, 0.717) is 0 Å². The van der Waals surface area contributed by atoms with Crippen LogP contribution in [-0.4, -0.2) is 35.4 Å². The van der Waals surface area contributed by atoms with Crippen molar-refractivity contribution in [2.24, 2.45) is 0 Å². The molecule has 2 heterocycles. The maximum atomic E-state index is 12.4. The van der Waals surface area contributed by atoms with Crippen molar-refractivity contribution in [3.05, 3.63) is 22.4 Å². The molecule has 0 aliphatic carbocycles. The van der Waals surface area contributed by atoms with Gasteiger partial charge in [-0.05, 0) is 24.1 Å². The van der Waals surface area contributed by atoms with E-state index in [1.807, 2.05) is 11.0 Å².